The predicted molar refractivity (Wildman–Crippen MR) is 65.2 cm³/mol. The molecule has 0 saturated heterocycles. The van der Waals surface area contributed by atoms with Crippen LogP contribution in [0, 0.1) is 0 Å². The number of aromatic nitrogens is 2. The van der Waals surface area contributed by atoms with Crippen molar-refractivity contribution < 1.29 is 19.5 Å². The summed E-state index contributed by atoms with van der Waals surface area (Å²) in [5.41, 5.74) is 4.93. The van der Waals surface area contributed by atoms with E-state index in [0.717, 1.165) is 0 Å². The Hall–Kier alpha value is -2.58. The Morgan fingerprint density at radius 1 is 1.53 bits per heavy atom. The summed E-state index contributed by atoms with van der Waals surface area (Å²) in [6.45, 7) is 0. The molecule has 0 aromatic carbocycles. The number of carboxylic acids is 1. The van der Waals surface area contributed by atoms with Gasteiger partial charge in [0.1, 0.15) is 6.04 Å². The van der Waals surface area contributed by atoms with Crippen LogP contribution in [0.3, 0.4) is 0 Å². The molecular weight excluding hydrogens is 254 g/mol. The first kappa shape index (κ1) is 14.5. The van der Waals surface area contributed by atoms with Crippen molar-refractivity contribution in [3.05, 3.63) is 12.3 Å². The fraction of sp³-hybridized carbons (Fsp3) is 0.400. The molecular formula is C10H15N5O4. The van der Waals surface area contributed by atoms with E-state index in [2.05, 4.69) is 15.7 Å². The molecule has 19 heavy (non-hydrogen) atoms. The minimum absolute atomic E-state index is 0.0691. The summed E-state index contributed by atoms with van der Waals surface area (Å²) in [5.74, 6) is -1.57. The van der Waals surface area contributed by atoms with Crippen molar-refractivity contribution in [1.29, 1.82) is 0 Å². The van der Waals surface area contributed by atoms with Gasteiger partial charge in [-0.15, -0.1) is 0 Å². The largest absolute Gasteiger partial charge is 0.480 e. The Morgan fingerprint density at radius 3 is 2.68 bits per heavy atom. The Kier molecular flexibility index (Phi) is 4.86. The molecule has 5 N–H and O–H groups in total. The number of carbonyl (C=O) groups excluding carboxylic acids is 2. The highest BCUT2D eigenvalue weighted by Gasteiger charge is 2.20. The number of hydrogen-bond acceptors (Lipinski definition) is 4. The molecule has 0 aliphatic carbocycles. The van der Waals surface area contributed by atoms with Crippen LogP contribution in [0.5, 0.6) is 0 Å². The lowest BCUT2D eigenvalue weighted by molar-refractivity contribution is -0.139. The molecule has 1 atom stereocenters. The van der Waals surface area contributed by atoms with Crippen molar-refractivity contribution in [3.8, 4) is 0 Å². The van der Waals surface area contributed by atoms with Gasteiger partial charge in [-0.25, -0.2) is 9.59 Å². The standard InChI is InChI=1S/C10H15N5O4/c1-15-5-4-8(14-15)13-10(19)12-6(9(17)18)2-3-7(11)16/h4-6H,2-3H2,1H3,(H2,11,16)(H,17,18)(H2,12,13,14,19)/t6-/m1/s1. The van der Waals surface area contributed by atoms with Crippen molar-refractivity contribution >= 4 is 23.7 Å². The second-order valence-electron chi connectivity index (χ2n) is 3.87. The number of carboxylic acid groups (broad SMARTS) is 1. The molecule has 1 aromatic heterocycles. The van der Waals surface area contributed by atoms with E-state index in [-0.39, 0.29) is 12.8 Å². The van der Waals surface area contributed by atoms with Crippen LogP contribution in [-0.4, -0.2) is 38.8 Å². The number of rotatable bonds is 6. The Labute approximate surface area is 108 Å². The average molecular weight is 269 g/mol. The first-order chi connectivity index (χ1) is 8.88. The van der Waals surface area contributed by atoms with Gasteiger partial charge >= 0.3 is 12.0 Å². The zero-order chi connectivity index (χ0) is 14.4. The smallest absolute Gasteiger partial charge is 0.326 e. The summed E-state index contributed by atoms with van der Waals surface area (Å²) in [7, 11) is 1.68. The number of primary amides is 1. The number of aliphatic carboxylic acids is 1. The van der Waals surface area contributed by atoms with Gasteiger partial charge in [0.15, 0.2) is 5.82 Å². The molecule has 0 bridgehead atoms. The van der Waals surface area contributed by atoms with E-state index in [1.807, 2.05) is 0 Å². The second-order valence-corrected chi connectivity index (χ2v) is 3.87. The quantitative estimate of drug-likeness (QED) is 0.538. The van der Waals surface area contributed by atoms with E-state index >= 15 is 0 Å². The number of nitrogens with two attached hydrogens (primary N) is 1. The Balaban J connectivity index is 2.51. The molecule has 9 heteroatoms. The van der Waals surface area contributed by atoms with Gasteiger partial charge in [-0.1, -0.05) is 0 Å². The van der Waals surface area contributed by atoms with E-state index in [1.165, 1.54) is 4.68 Å². The molecule has 0 spiro atoms. The lowest BCUT2D eigenvalue weighted by Crippen LogP contribution is -2.43. The summed E-state index contributed by atoms with van der Waals surface area (Å²) >= 11 is 0. The van der Waals surface area contributed by atoms with Gasteiger partial charge in [-0.05, 0) is 6.42 Å². The fourth-order valence-corrected chi connectivity index (χ4v) is 1.34. The van der Waals surface area contributed by atoms with Crippen molar-refractivity contribution in [2.75, 3.05) is 5.32 Å². The molecule has 104 valence electrons. The SMILES string of the molecule is Cn1ccc(NC(=O)N[C@H](CCC(N)=O)C(=O)O)n1. The van der Waals surface area contributed by atoms with Crippen molar-refractivity contribution in [3.63, 3.8) is 0 Å². The molecule has 0 unspecified atom stereocenters. The maximum Gasteiger partial charge on any atom is 0.326 e. The third-order valence-electron chi connectivity index (χ3n) is 2.24. The topological polar surface area (TPSA) is 139 Å². The number of hydrogen-bond donors (Lipinski definition) is 4. The van der Waals surface area contributed by atoms with E-state index in [9.17, 15) is 14.4 Å². The molecule has 0 fully saturated rings. The number of anilines is 1. The number of amides is 3. The lowest BCUT2D eigenvalue weighted by Gasteiger charge is -2.13. The van der Waals surface area contributed by atoms with Crippen LogP contribution in [0.25, 0.3) is 0 Å². The summed E-state index contributed by atoms with van der Waals surface area (Å²) in [5, 5.41) is 17.4. The molecule has 0 saturated carbocycles. The Morgan fingerprint density at radius 2 is 2.21 bits per heavy atom. The van der Waals surface area contributed by atoms with Gasteiger partial charge in [-0.2, -0.15) is 5.10 Å². The van der Waals surface area contributed by atoms with Gasteiger partial charge in [0.05, 0.1) is 0 Å². The highest BCUT2D eigenvalue weighted by molar-refractivity contribution is 5.91. The minimum atomic E-state index is -1.24. The number of urea groups is 1. The highest BCUT2D eigenvalue weighted by Crippen LogP contribution is 2.02. The van der Waals surface area contributed by atoms with Gasteiger partial charge in [0.2, 0.25) is 5.91 Å². The number of aryl methyl sites for hydroxylation is 1. The van der Waals surface area contributed by atoms with Gasteiger partial charge in [0, 0.05) is 25.7 Å². The first-order valence-electron chi connectivity index (χ1n) is 5.46. The normalized spacial score (nSPS) is 11.6. The van der Waals surface area contributed by atoms with Crippen LogP contribution in [0.4, 0.5) is 10.6 Å². The molecule has 1 rings (SSSR count). The number of nitrogens with zero attached hydrogens (tertiary/aromatic N) is 2. The van der Waals surface area contributed by atoms with Crippen LogP contribution in [0.15, 0.2) is 12.3 Å². The third kappa shape index (κ3) is 5.06. The monoisotopic (exact) mass is 269 g/mol. The van der Waals surface area contributed by atoms with E-state index in [1.54, 1.807) is 19.3 Å². The minimum Gasteiger partial charge on any atom is -0.480 e. The summed E-state index contributed by atoms with van der Waals surface area (Å²) in [6, 6.07) is -0.342. The van der Waals surface area contributed by atoms with E-state index in [0.29, 0.717) is 5.82 Å². The Bertz CT molecular complexity index is 484. The van der Waals surface area contributed by atoms with E-state index < -0.39 is 23.9 Å². The summed E-state index contributed by atoms with van der Waals surface area (Å²) < 4.78 is 1.48. The first-order valence-corrected chi connectivity index (χ1v) is 5.46. The lowest BCUT2D eigenvalue weighted by atomic mass is 10.1. The van der Waals surface area contributed by atoms with Crippen LogP contribution < -0.4 is 16.4 Å². The molecule has 0 radical (unpaired) electrons. The van der Waals surface area contributed by atoms with Crippen molar-refractivity contribution in [1.82, 2.24) is 15.1 Å². The number of carbonyl (C=O) groups is 3. The molecule has 0 aliphatic heterocycles. The predicted octanol–water partition coefficient (Wildman–Crippen LogP) is -0.740. The summed E-state index contributed by atoms with van der Waals surface area (Å²) in [6.07, 6.45) is 1.43. The van der Waals surface area contributed by atoms with Crippen LogP contribution in [-0.2, 0) is 16.6 Å². The molecule has 1 aromatic rings. The zero-order valence-electron chi connectivity index (χ0n) is 10.3. The van der Waals surface area contributed by atoms with Crippen LogP contribution in [0.2, 0.25) is 0 Å². The number of nitrogens with one attached hydrogen (secondary N) is 2. The third-order valence-corrected chi connectivity index (χ3v) is 2.24. The fourth-order valence-electron chi connectivity index (χ4n) is 1.34. The van der Waals surface area contributed by atoms with Crippen LogP contribution in [0.1, 0.15) is 12.8 Å². The van der Waals surface area contributed by atoms with E-state index in [4.69, 9.17) is 10.8 Å². The second kappa shape index (κ2) is 6.38. The molecule has 1 heterocycles. The molecule has 3 amide bonds. The van der Waals surface area contributed by atoms with Crippen molar-refractivity contribution in [2.24, 2.45) is 12.8 Å². The van der Waals surface area contributed by atoms with Gasteiger partial charge in [0.25, 0.3) is 0 Å². The van der Waals surface area contributed by atoms with Gasteiger partial charge < -0.3 is 16.2 Å². The average Bonchev–Trinajstić information content (AvgIpc) is 2.69. The summed E-state index contributed by atoms with van der Waals surface area (Å²) in [4.78, 5) is 33.0. The van der Waals surface area contributed by atoms with Crippen molar-refractivity contribution in [2.45, 2.75) is 18.9 Å². The van der Waals surface area contributed by atoms with Gasteiger partial charge in [-0.3, -0.25) is 14.8 Å². The van der Waals surface area contributed by atoms with Crippen LogP contribution >= 0.6 is 0 Å². The maximum absolute atomic E-state index is 11.5. The molecule has 9 nitrogen and oxygen atoms in total. The maximum atomic E-state index is 11.5. The molecule has 0 aliphatic rings. The highest BCUT2D eigenvalue weighted by atomic mass is 16.4. The zero-order valence-corrected chi connectivity index (χ0v) is 10.3.